The van der Waals surface area contributed by atoms with Crippen molar-refractivity contribution in [1.29, 1.82) is 0 Å². The zero-order valence-corrected chi connectivity index (χ0v) is 18.6. The lowest BCUT2D eigenvalue weighted by atomic mass is 10.0. The standard InChI is InChI=1S/C28H17BrN2O/c29-22-13-7-11-20(17-22)19-10-6-12-21(16-19)25-27-26(23-14-4-5-15-24(23)32-27)31-28(30-25)18-8-2-1-3-9-18/h1-17H. The van der Waals surface area contributed by atoms with Crippen LogP contribution in [0.2, 0.25) is 0 Å². The average molecular weight is 477 g/mol. The second-order valence-corrected chi connectivity index (χ2v) is 8.54. The zero-order chi connectivity index (χ0) is 21.5. The third kappa shape index (κ3) is 3.29. The van der Waals surface area contributed by atoms with E-state index in [1.54, 1.807) is 0 Å². The van der Waals surface area contributed by atoms with Crippen molar-refractivity contribution in [3.8, 4) is 33.8 Å². The monoisotopic (exact) mass is 476 g/mol. The molecule has 0 bridgehead atoms. The molecular weight excluding hydrogens is 460 g/mol. The van der Waals surface area contributed by atoms with Gasteiger partial charge < -0.3 is 4.42 Å². The minimum Gasteiger partial charge on any atom is -0.452 e. The highest BCUT2D eigenvalue weighted by Gasteiger charge is 2.18. The van der Waals surface area contributed by atoms with Crippen molar-refractivity contribution >= 4 is 38.0 Å². The number of halogens is 1. The second-order valence-electron chi connectivity index (χ2n) is 7.63. The summed E-state index contributed by atoms with van der Waals surface area (Å²) in [4.78, 5) is 9.88. The van der Waals surface area contributed by atoms with Crippen LogP contribution in [0.1, 0.15) is 0 Å². The number of furan rings is 1. The van der Waals surface area contributed by atoms with Gasteiger partial charge in [-0.1, -0.05) is 88.7 Å². The van der Waals surface area contributed by atoms with E-state index in [0.717, 1.165) is 48.9 Å². The van der Waals surface area contributed by atoms with Crippen molar-refractivity contribution in [2.75, 3.05) is 0 Å². The molecule has 152 valence electrons. The molecular formula is C28H17BrN2O. The van der Waals surface area contributed by atoms with Crippen molar-refractivity contribution in [3.05, 3.63) is 108 Å². The minimum absolute atomic E-state index is 0.688. The van der Waals surface area contributed by atoms with Crippen LogP contribution < -0.4 is 0 Å². The van der Waals surface area contributed by atoms with Crippen molar-refractivity contribution in [2.45, 2.75) is 0 Å². The first-order chi connectivity index (χ1) is 15.8. The number of nitrogens with zero attached hydrogens (tertiary/aromatic N) is 2. The molecule has 2 heterocycles. The van der Waals surface area contributed by atoms with Gasteiger partial charge in [-0.15, -0.1) is 0 Å². The van der Waals surface area contributed by atoms with Gasteiger partial charge in [-0.3, -0.25) is 0 Å². The van der Waals surface area contributed by atoms with E-state index >= 15 is 0 Å². The quantitative estimate of drug-likeness (QED) is 0.258. The van der Waals surface area contributed by atoms with E-state index in [2.05, 4.69) is 52.3 Å². The topological polar surface area (TPSA) is 38.9 Å². The van der Waals surface area contributed by atoms with Gasteiger partial charge in [0.25, 0.3) is 0 Å². The Morgan fingerprint density at radius 1 is 0.594 bits per heavy atom. The summed E-state index contributed by atoms with van der Waals surface area (Å²) < 4.78 is 7.31. The molecule has 0 atom stereocenters. The number of fused-ring (bicyclic) bond motifs is 3. The van der Waals surface area contributed by atoms with Gasteiger partial charge in [0.1, 0.15) is 16.8 Å². The second kappa shape index (κ2) is 7.74. The number of hydrogen-bond donors (Lipinski definition) is 0. The van der Waals surface area contributed by atoms with E-state index in [9.17, 15) is 0 Å². The average Bonchev–Trinajstić information content (AvgIpc) is 3.23. The summed E-state index contributed by atoms with van der Waals surface area (Å²) >= 11 is 3.57. The van der Waals surface area contributed by atoms with Gasteiger partial charge in [-0.05, 0) is 41.5 Å². The molecule has 0 saturated carbocycles. The maximum Gasteiger partial charge on any atom is 0.180 e. The lowest BCUT2D eigenvalue weighted by Crippen LogP contribution is -1.94. The zero-order valence-electron chi connectivity index (χ0n) is 17.0. The fraction of sp³-hybridized carbons (Fsp3) is 0. The number of para-hydroxylation sites is 1. The number of aromatic nitrogens is 2. The van der Waals surface area contributed by atoms with Crippen LogP contribution in [0, 0.1) is 0 Å². The predicted octanol–water partition coefficient (Wildman–Crippen LogP) is 8.14. The van der Waals surface area contributed by atoms with Crippen molar-refractivity contribution in [2.24, 2.45) is 0 Å². The third-order valence-corrected chi connectivity index (χ3v) is 6.04. The Balaban J connectivity index is 1.63. The van der Waals surface area contributed by atoms with Gasteiger partial charge in [0, 0.05) is 21.0 Å². The smallest absolute Gasteiger partial charge is 0.180 e. The van der Waals surface area contributed by atoms with E-state index in [1.807, 2.05) is 66.7 Å². The summed E-state index contributed by atoms with van der Waals surface area (Å²) in [5.74, 6) is 0.688. The highest BCUT2D eigenvalue weighted by atomic mass is 79.9. The van der Waals surface area contributed by atoms with Gasteiger partial charge in [-0.25, -0.2) is 9.97 Å². The Hall–Kier alpha value is -3.76. The van der Waals surface area contributed by atoms with Crippen LogP contribution in [-0.2, 0) is 0 Å². The molecule has 0 saturated heterocycles. The lowest BCUT2D eigenvalue weighted by Gasteiger charge is -2.08. The molecule has 0 aliphatic carbocycles. The van der Waals surface area contributed by atoms with E-state index in [4.69, 9.17) is 14.4 Å². The third-order valence-electron chi connectivity index (χ3n) is 5.55. The summed E-state index contributed by atoms with van der Waals surface area (Å²) in [6, 6.07) is 34.8. The molecule has 0 radical (unpaired) electrons. The highest BCUT2D eigenvalue weighted by Crippen LogP contribution is 2.36. The summed E-state index contributed by atoms with van der Waals surface area (Å²) in [7, 11) is 0. The van der Waals surface area contributed by atoms with Crippen molar-refractivity contribution < 1.29 is 4.42 Å². The van der Waals surface area contributed by atoms with Crippen LogP contribution in [-0.4, -0.2) is 9.97 Å². The Morgan fingerprint density at radius 3 is 2.12 bits per heavy atom. The molecule has 0 aliphatic heterocycles. The molecule has 0 N–H and O–H groups in total. The molecule has 6 rings (SSSR count). The summed E-state index contributed by atoms with van der Waals surface area (Å²) in [6.45, 7) is 0. The SMILES string of the molecule is Brc1cccc(-c2cccc(-c3nc(-c4ccccc4)nc4c3oc3ccccc34)c2)c1. The van der Waals surface area contributed by atoms with Crippen molar-refractivity contribution in [3.63, 3.8) is 0 Å². The summed E-state index contributed by atoms with van der Waals surface area (Å²) in [5, 5.41) is 0.992. The molecule has 3 nitrogen and oxygen atoms in total. The molecule has 0 amide bonds. The van der Waals surface area contributed by atoms with E-state index in [0.29, 0.717) is 11.4 Å². The Morgan fingerprint density at radius 2 is 1.28 bits per heavy atom. The molecule has 2 aromatic heterocycles. The van der Waals surface area contributed by atoms with Crippen LogP contribution in [0.5, 0.6) is 0 Å². The highest BCUT2D eigenvalue weighted by molar-refractivity contribution is 9.10. The van der Waals surface area contributed by atoms with E-state index in [-0.39, 0.29) is 0 Å². The first-order valence-corrected chi connectivity index (χ1v) is 11.2. The largest absolute Gasteiger partial charge is 0.452 e. The fourth-order valence-corrected chi connectivity index (χ4v) is 4.42. The van der Waals surface area contributed by atoms with Gasteiger partial charge >= 0.3 is 0 Å². The van der Waals surface area contributed by atoms with Crippen molar-refractivity contribution in [1.82, 2.24) is 9.97 Å². The van der Waals surface area contributed by atoms with Gasteiger partial charge in [0.2, 0.25) is 0 Å². The molecule has 4 aromatic carbocycles. The normalized spacial score (nSPS) is 11.3. The molecule has 4 heteroatoms. The van der Waals surface area contributed by atoms with Crippen LogP contribution in [0.15, 0.2) is 112 Å². The predicted molar refractivity (Wildman–Crippen MR) is 133 cm³/mol. The number of hydrogen-bond acceptors (Lipinski definition) is 3. The first-order valence-electron chi connectivity index (χ1n) is 10.4. The van der Waals surface area contributed by atoms with E-state index < -0.39 is 0 Å². The van der Waals surface area contributed by atoms with Crippen LogP contribution >= 0.6 is 15.9 Å². The molecule has 6 aromatic rings. The number of rotatable bonds is 3. The molecule has 0 fully saturated rings. The van der Waals surface area contributed by atoms with Crippen LogP contribution in [0.3, 0.4) is 0 Å². The molecule has 0 unspecified atom stereocenters. The minimum atomic E-state index is 0.688. The van der Waals surface area contributed by atoms with Gasteiger partial charge in [-0.2, -0.15) is 0 Å². The molecule has 0 aliphatic rings. The van der Waals surface area contributed by atoms with Gasteiger partial charge in [0.15, 0.2) is 11.4 Å². The molecule has 0 spiro atoms. The van der Waals surface area contributed by atoms with E-state index in [1.165, 1.54) is 0 Å². The van der Waals surface area contributed by atoms with Crippen LogP contribution in [0.4, 0.5) is 0 Å². The Labute approximate surface area is 193 Å². The van der Waals surface area contributed by atoms with Gasteiger partial charge in [0.05, 0.1) is 0 Å². The summed E-state index contributed by atoms with van der Waals surface area (Å²) in [6.07, 6.45) is 0. The van der Waals surface area contributed by atoms with Crippen LogP contribution in [0.25, 0.3) is 55.8 Å². The Kier molecular flexibility index (Phi) is 4.58. The number of benzene rings is 4. The molecule has 32 heavy (non-hydrogen) atoms. The summed E-state index contributed by atoms with van der Waals surface area (Å²) in [5.41, 5.74) is 7.37. The fourth-order valence-electron chi connectivity index (χ4n) is 4.02. The Bertz CT molecular complexity index is 1590. The lowest BCUT2D eigenvalue weighted by molar-refractivity contribution is 0.667. The maximum atomic E-state index is 6.26. The maximum absolute atomic E-state index is 6.26. The first kappa shape index (κ1) is 19.0.